The molecule has 7 rings (SSSR count). The quantitative estimate of drug-likeness (QED) is 0.160. The van der Waals surface area contributed by atoms with E-state index in [1.54, 1.807) is 25.1 Å². The van der Waals surface area contributed by atoms with E-state index in [0.717, 1.165) is 36.3 Å². The summed E-state index contributed by atoms with van der Waals surface area (Å²) in [6, 6.07) is 15.8. The van der Waals surface area contributed by atoms with Crippen LogP contribution in [0.2, 0.25) is 0 Å². The molecule has 1 heterocycles. The Morgan fingerprint density at radius 2 is 1.68 bits per heavy atom. The number of methoxy groups -OCH3 is 1. The van der Waals surface area contributed by atoms with Crippen molar-refractivity contribution in [3.05, 3.63) is 82.7 Å². The van der Waals surface area contributed by atoms with Crippen LogP contribution < -0.4 is 0 Å². The van der Waals surface area contributed by atoms with Gasteiger partial charge in [0.05, 0.1) is 24.7 Å². The number of furan rings is 1. The highest BCUT2D eigenvalue weighted by atomic mass is 19.1. The van der Waals surface area contributed by atoms with Crippen molar-refractivity contribution in [2.75, 3.05) is 7.11 Å². The molecule has 3 aliphatic rings. The smallest absolute Gasteiger partial charge is 0.310 e. The van der Waals surface area contributed by atoms with E-state index in [1.165, 1.54) is 13.2 Å². The molecule has 0 N–H and O–H groups in total. The summed E-state index contributed by atoms with van der Waals surface area (Å²) in [7, 11) is 1.32. The Kier molecular flexibility index (Phi) is 6.44. The zero-order valence-corrected chi connectivity index (χ0v) is 22.9. The highest BCUT2D eigenvalue weighted by Crippen LogP contribution is 2.66. The Morgan fingerprint density at radius 1 is 0.975 bits per heavy atom. The molecule has 40 heavy (non-hydrogen) atoms. The first-order chi connectivity index (χ1) is 19.2. The number of hydrogen-bond donors (Lipinski definition) is 0. The second-order valence-electron chi connectivity index (χ2n) is 11.5. The van der Waals surface area contributed by atoms with E-state index in [0.29, 0.717) is 45.4 Å². The number of aryl methyl sites for hydroxylation is 1. The average Bonchev–Trinajstić information content (AvgIpc) is 3.28. The van der Waals surface area contributed by atoms with Crippen LogP contribution in [0.1, 0.15) is 70.9 Å². The summed E-state index contributed by atoms with van der Waals surface area (Å²) in [6.07, 6.45) is 3.75. The van der Waals surface area contributed by atoms with Crippen LogP contribution >= 0.6 is 0 Å². The molecule has 2 bridgehead atoms. The van der Waals surface area contributed by atoms with Crippen molar-refractivity contribution in [2.24, 2.45) is 11.3 Å². The Balaban J connectivity index is 1.51. The largest absolute Gasteiger partial charge is 0.469 e. The molecule has 3 saturated carbocycles. The van der Waals surface area contributed by atoms with E-state index in [4.69, 9.17) is 9.15 Å². The number of hydrogen-bond acceptors (Lipinski definition) is 5. The minimum Gasteiger partial charge on any atom is -0.469 e. The molecule has 0 atom stereocenters. The van der Waals surface area contributed by atoms with Gasteiger partial charge in [0.2, 0.25) is 0 Å². The van der Waals surface area contributed by atoms with E-state index >= 15 is 0 Å². The van der Waals surface area contributed by atoms with E-state index in [9.17, 15) is 18.8 Å². The van der Waals surface area contributed by atoms with Gasteiger partial charge in [-0.3, -0.25) is 14.4 Å². The number of Topliss-reactive ketones (excluding diaryl/α,β-unsaturated/α-hetero) is 2. The van der Waals surface area contributed by atoms with Gasteiger partial charge in [0.1, 0.15) is 17.2 Å². The molecule has 1 aromatic heterocycles. The first-order valence-electron chi connectivity index (χ1n) is 13.8. The molecule has 0 spiro atoms. The molecule has 0 aliphatic heterocycles. The molecule has 6 heteroatoms. The van der Waals surface area contributed by atoms with Gasteiger partial charge < -0.3 is 9.15 Å². The van der Waals surface area contributed by atoms with E-state index in [2.05, 4.69) is 0 Å². The SMILES string of the molecule is CCC(=O)c1c(-c2ccc(C)cc2)oc2cc(CC(=O)OC)c(-c3ccc(F)c(C(=O)CC45CC(C4)C5)c3)cc12. The topological polar surface area (TPSA) is 73.6 Å². The van der Waals surface area contributed by atoms with E-state index in [-0.39, 0.29) is 35.4 Å². The van der Waals surface area contributed by atoms with Crippen LogP contribution in [-0.2, 0) is 16.0 Å². The molecule has 0 unspecified atom stereocenters. The number of carbonyl (C=O) groups excluding carboxylic acids is 3. The first kappa shape index (κ1) is 26.2. The molecule has 204 valence electrons. The summed E-state index contributed by atoms with van der Waals surface area (Å²) in [5, 5.41) is 0.608. The second-order valence-corrected chi connectivity index (χ2v) is 11.5. The standard InChI is InChI=1S/C34H31FO5/c1-4-28(36)32-26-14-24(22-9-10-27(35)25(11-22)29(37)18-34-15-20(16-34)17-34)23(13-31(38)39-3)12-30(26)40-33(32)21-7-5-19(2)6-8-21/h5-12,14,20H,4,13,15-18H2,1-3H3. The highest BCUT2D eigenvalue weighted by Gasteiger charge is 2.57. The molecule has 3 aliphatic carbocycles. The maximum absolute atomic E-state index is 14.9. The van der Waals surface area contributed by atoms with Gasteiger partial charge in [0, 0.05) is 23.8 Å². The number of rotatable bonds is 9. The lowest BCUT2D eigenvalue weighted by Gasteiger charge is -2.62. The lowest BCUT2D eigenvalue weighted by atomic mass is 9.43. The molecule has 0 amide bonds. The van der Waals surface area contributed by atoms with Crippen molar-refractivity contribution >= 4 is 28.5 Å². The molecule has 4 aromatic rings. The normalized spacial score (nSPS) is 19.1. The molecular weight excluding hydrogens is 507 g/mol. The van der Waals surface area contributed by atoms with Gasteiger partial charge in [0.25, 0.3) is 0 Å². The molecular formula is C34H31FO5. The zero-order valence-electron chi connectivity index (χ0n) is 22.9. The van der Waals surface area contributed by atoms with E-state index in [1.807, 2.05) is 37.3 Å². The maximum atomic E-state index is 14.9. The Hall–Kier alpha value is -4.06. The number of benzene rings is 3. The fraction of sp³-hybridized carbons (Fsp3) is 0.324. The molecule has 3 fully saturated rings. The number of ketones is 2. The van der Waals surface area contributed by atoms with Crippen molar-refractivity contribution in [3.8, 4) is 22.5 Å². The molecule has 5 nitrogen and oxygen atoms in total. The number of halogens is 1. The van der Waals surface area contributed by atoms with Crippen molar-refractivity contribution in [3.63, 3.8) is 0 Å². The summed E-state index contributed by atoms with van der Waals surface area (Å²) < 4.78 is 26.2. The third-order valence-corrected chi connectivity index (χ3v) is 8.67. The third-order valence-electron chi connectivity index (χ3n) is 8.67. The summed E-state index contributed by atoms with van der Waals surface area (Å²) in [6.45, 7) is 3.79. The molecule has 3 aromatic carbocycles. The summed E-state index contributed by atoms with van der Waals surface area (Å²) in [4.78, 5) is 38.8. The summed E-state index contributed by atoms with van der Waals surface area (Å²) in [5.74, 6) is -0.0667. The van der Waals surface area contributed by atoms with Crippen molar-refractivity contribution in [1.29, 1.82) is 0 Å². The third kappa shape index (κ3) is 4.45. The Labute approximate surface area is 232 Å². The Bertz CT molecular complexity index is 1660. The number of esters is 1. The fourth-order valence-electron chi connectivity index (χ4n) is 6.41. The van der Waals surface area contributed by atoms with Crippen LogP contribution in [0.15, 0.2) is 59.0 Å². The lowest BCUT2D eigenvalue weighted by molar-refractivity contribution is -0.139. The predicted octanol–water partition coefficient (Wildman–Crippen LogP) is 7.90. The fourth-order valence-corrected chi connectivity index (χ4v) is 6.41. The van der Waals surface area contributed by atoms with Crippen LogP contribution in [0.4, 0.5) is 4.39 Å². The first-order valence-corrected chi connectivity index (χ1v) is 13.8. The van der Waals surface area contributed by atoms with Crippen LogP contribution in [0.25, 0.3) is 33.4 Å². The molecule has 0 saturated heterocycles. The van der Waals surface area contributed by atoms with Gasteiger partial charge in [-0.1, -0.05) is 42.8 Å². The zero-order chi connectivity index (χ0) is 28.2. The van der Waals surface area contributed by atoms with Gasteiger partial charge in [-0.25, -0.2) is 4.39 Å². The maximum Gasteiger partial charge on any atom is 0.310 e. The van der Waals surface area contributed by atoms with Gasteiger partial charge in [0.15, 0.2) is 11.6 Å². The van der Waals surface area contributed by atoms with Crippen LogP contribution in [0.3, 0.4) is 0 Å². The highest BCUT2D eigenvalue weighted by molar-refractivity contribution is 6.13. The number of fused-ring (bicyclic) bond motifs is 1. The van der Waals surface area contributed by atoms with Gasteiger partial charge in [-0.2, -0.15) is 0 Å². The number of ether oxygens (including phenoxy) is 1. The monoisotopic (exact) mass is 538 g/mol. The van der Waals surface area contributed by atoms with E-state index < -0.39 is 11.8 Å². The number of carbonyl (C=O) groups is 3. The minimum absolute atomic E-state index is 0.0510. The van der Waals surface area contributed by atoms with Crippen LogP contribution in [0, 0.1) is 24.1 Å². The van der Waals surface area contributed by atoms with Crippen molar-refractivity contribution in [1.82, 2.24) is 0 Å². The lowest BCUT2D eigenvalue weighted by Crippen LogP contribution is -2.52. The van der Waals surface area contributed by atoms with Crippen LogP contribution in [0.5, 0.6) is 0 Å². The molecule has 0 radical (unpaired) electrons. The van der Waals surface area contributed by atoms with Gasteiger partial charge >= 0.3 is 5.97 Å². The van der Waals surface area contributed by atoms with Gasteiger partial charge in [-0.05, 0) is 78.5 Å². The van der Waals surface area contributed by atoms with Gasteiger partial charge in [-0.15, -0.1) is 0 Å². The minimum atomic E-state index is -0.553. The van der Waals surface area contributed by atoms with Crippen molar-refractivity contribution in [2.45, 2.75) is 52.4 Å². The van der Waals surface area contributed by atoms with Crippen molar-refractivity contribution < 1.29 is 27.9 Å². The summed E-state index contributed by atoms with van der Waals surface area (Å²) >= 11 is 0. The Morgan fingerprint density at radius 3 is 2.30 bits per heavy atom. The summed E-state index contributed by atoms with van der Waals surface area (Å²) in [5.41, 5.74) is 4.73. The van der Waals surface area contributed by atoms with Crippen LogP contribution in [-0.4, -0.2) is 24.6 Å². The second kappa shape index (κ2) is 9.84. The average molecular weight is 539 g/mol. The predicted molar refractivity (Wildman–Crippen MR) is 151 cm³/mol.